The van der Waals surface area contributed by atoms with Crippen molar-refractivity contribution in [3.05, 3.63) is 71.9 Å². The zero-order chi connectivity index (χ0) is 19.3. The Balaban J connectivity index is 1.56. The Morgan fingerprint density at radius 3 is 2.50 bits per heavy atom. The molecule has 0 saturated heterocycles. The summed E-state index contributed by atoms with van der Waals surface area (Å²) in [7, 11) is 0. The first-order chi connectivity index (χ1) is 13.7. The molecule has 0 aliphatic heterocycles. The number of nitrogens with zero attached hydrogens (tertiary/aromatic N) is 2. The largest absolute Gasteiger partial charge is 0.353 e. The molecule has 0 atom stereocenters. The summed E-state index contributed by atoms with van der Waals surface area (Å²) in [4.78, 5) is 12.4. The van der Waals surface area contributed by atoms with E-state index in [2.05, 4.69) is 42.7 Å². The second kappa shape index (κ2) is 8.42. The van der Waals surface area contributed by atoms with E-state index in [1.54, 1.807) is 0 Å². The molecule has 4 heteroatoms. The van der Waals surface area contributed by atoms with Crippen molar-refractivity contribution < 1.29 is 4.79 Å². The van der Waals surface area contributed by atoms with Crippen LogP contribution in [0.4, 0.5) is 0 Å². The molecule has 28 heavy (non-hydrogen) atoms. The molecule has 1 N–H and O–H groups in total. The van der Waals surface area contributed by atoms with Gasteiger partial charge in [0.25, 0.3) is 0 Å². The number of aryl methyl sites for hydroxylation is 2. The zero-order valence-corrected chi connectivity index (χ0v) is 16.4. The Labute approximate surface area is 166 Å². The van der Waals surface area contributed by atoms with Gasteiger partial charge in [0.15, 0.2) is 0 Å². The maximum atomic E-state index is 12.4. The second-order valence-corrected chi connectivity index (χ2v) is 7.70. The second-order valence-electron chi connectivity index (χ2n) is 7.70. The highest BCUT2D eigenvalue weighted by atomic mass is 16.1. The van der Waals surface area contributed by atoms with E-state index in [0.29, 0.717) is 18.9 Å². The molecule has 0 unspecified atom stereocenters. The van der Waals surface area contributed by atoms with Gasteiger partial charge in [-0.1, -0.05) is 60.9 Å². The lowest BCUT2D eigenvalue weighted by molar-refractivity contribution is -0.121. The fourth-order valence-electron chi connectivity index (χ4n) is 3.88. The molecular weight excluding hydrogens is 346 g/mol. The molecule has 1 aliphatic carbocycles. The van der Waals surface area contributed by atoms with Crippen molar-refractivity contribution in [3.8, 4) is 16.9 Å². The molecule has 1 aromatic heterocycles. The fraction of sp³-hybridized carbons (Fsp3) is 0.333. The molecule has 1 fully saturated rings. The molecule has 1 heterocycles. The van der Waals surface area contributed by atoms with E-state index in [-0.39, 0.29) is 5.91 Å². The molecule has 1 saturated carbocycles. The van der Waals surface area contributed by atoms with E-state index in [0.717, 1.165) is 35.3 Å². The number of hydrogen-bond acceptors (Lipinski definition) is 2. The highest BCUT2D eigenvalue weighted by molar-refractivity contribution is 5.77. The van der Waals surface area contributed by atoms with Crippen molar-refractivity contribution in [2.75, 3.05) is 0 Å². The van der Waals surface area contributed by atoms with E-state index >= 15 is 0 Å². The summed E-state index contributed by atoms with van der Waals surface area (Å²) in [5.41, 5.74) is 5.40. The van der Waals surface area contributed by atoms with E-state index in [9.17, 15) is 4.79 Å². The average molecular weight is 374 g/mol. The number of amides is 1. The van der Waals surface area contributed by atoms with Crippen LogP contribution in [-0.4, -0.2) is 21.7 Å². The summed E-state index contributed by atoms with van der Waals surface area (Å²) in [6.07, 6.45) is 7.94. The molecule has 4 nitrogen and oxygen atoms in total. The Bertz CT molecular complexity index is 922. The Kier molecular flexibility index (Phi) is 5.56. The third-order valence-electron chi connectivity index (χ3n) is 5.48. The van der Waals surface area contributed by atoms with Crippen LogP contribution in [0.1, 0.15) is 43.2 Å². The van der Waals surface area contributed by atoms with Gasteiger partial charge in [-0.25, -0.2) is 4.68 Å². The summed E-state index contributed by atoms with van der Waals surface area (Å²) in [5, 5.41) is 8.03. The standard InChI is InChI=1S/C24H27N3O/c1-18-11-13-19(14-12-18)24-20(15-16-23(28)25-21-7-5-6-8-21)17-27(26-24)22-9-3-2-4-10-22/h2-4,9-14,17,21H,5-8,15-16H2,1H3,(H,25,28). The van der Waals surface area contributed by atoms with Gasteiger partial charge in [-0.05, 0) is 43.9 Å². The summed E-state index contributed by atoms with van der Waals surface area (Å²) in [6.45, 7) is 2.08. The van der Waals surface area contributed by atoms with Crippen LogP contribution in [0.15, 0.2) is 60.8 Å². The third-order valence-corrected chi connectivity index (χ3v) is 5.48. The van der Waals surface area contributed by atoms with Gasteiger partial charge in [0.05, 0.1) is 11.4 Å². The molecule has 1 amide bonds. The van der Waals surface area contributed by atoms with Crippen molar-refractivity contribution in [1.82, 2.24) is 15.1 Å². The van der Waals surface area contributed by atoms with Gasteiger partial charge in [0, 0.05) is 24.2 Å². The van der Waals surface area contributed by atoms with Crippen LogP contribution in [0.2, 0.25) is 0 Å². The van der Waals surface area contributed by atoms with Gasteiger partial charge < -0.3 is 5.32 Å². The topological polar surface area (TPSA) is 46.9 Å². The van der Waals surface area contributed by atoms with Crippen LogP contribution in [0.25, 0.3) is 16.9 Å². The minimum Gasteiger partial charge on any atom is -0.353 e. The summed E-state index contributed by atoms with van der Waals surface area (Å²) in [5.74, 6) is 0.147. The van der Waals surface area contributed by atoms with E-state index in [1.807, 2.05) is 35.0 Å². The van der Waals surface area contributed by atoms with Gasteiger partial charge in [-0.2, -0.15) is 5.10 Å². The first-order valence-electron chi connectivity index (χ1n) is 10.2. The highest BCUT2D eigenvalue weighted by Crippen LogP contribution is 2.25. The highest BCUT2D eigenvalue weighted by Gasteiger charge is 2.18. The predicted molar refractivity (Wildman–Crippen MR) is 112 cm³/mol. The molecule has 2 aromatic carbocycles. The maximum Gasteiger partial charge on any atom is 0.220 e. The first kappa shape index (κ1) is 18.5. The molecule has 0 radical (unpaired) electrons. The minimum atomic E-state index is 0.147. The SMILES string of the molecule is Cc1ccc(-c2nn(-c3ccccc3)cc2CCC(=O)NC2CCCC2)cc1. The van der Waals surface area contributed by atoms with Crippen molar-refractivity contribution in [2.45, 2.75) is 51.5 Å². The summed E-state index contributed by atoms with van der Waals surface area (Å²) < 4.78 is 1.92. The smallest absolute Gasteiger partial charge is 0.220 e. The molecule has 4 rings (SSSR count). The number of aromatic nitrogens is 2. The van der Waals surface area contributed by atoms with Crippen LogP contribution in [-0.2, 0) is 11.2 Å². The number of carbonyl (C=O) groups is 1. The number of hydrogen-bond donors (Lipinski definition) is 1. The van der Waals surface area contributed by atoms with Crippen LogP contribution < -0.4 is 5.32 Å². The Morgan fingerprint density at radius 1 is 1.07 bits per heavy atom. The quantitative estimate of drug-likeness (QED) is 0.672. The van der Waals surface area contributed by atoms with Crippen molar-refractivity contribution in [1.29, 1.82) is 0 Å². The van der Waals surface area contributed by atoms with Gasteiger partial charge in [-0.3, -0.25) is 4.79 Å². The molecule has 1 aliphatic rings. The van der Waals surface area contributed by atoms with Crippen LogP contribution in [0, 0.1) is 6.92 Å². The van der Waals surface area contributed by atoms with Crippen molar-refractivity contribution in [2.24, 2.45) is 0 Å². The van der Waals surface area contributed by atoms with Crippen LogP contribution >= 0.6 is 0 Å². The minimum absolute atomic E-state index is 0.147. The number of carbonyl (C=O) groups excluding carboxylic acids is 1. The van der Waals surface area contributed by atoms with Crippen molar-refractivity contribution >= 4 is 5.91 Å². The van der Waals surface area contributed by atoms with Crippen molar-refractivity contribution in [3.63, 3.8) is 0 Å². The first-order valence-corrected chi connectivity index (χ1v) is 10.2. The number of rotatable bonds is 6. The lowest BCUT2D eigenvalue weighted by Gasteiger charge is -2.11. The predicted octanol–water partition coefficient (Wildman–Crippen LogP) is 4.84. The maximum absolute atomic E-state index is 12.4. The van der Waals surface area contributed by atoms with Gasteiger partial charge in [-0.15, -0.1) is 0 Å². The lowest BCUT2D eigenvalue weighted by atomic mass is 10.0. The number of benzene rings is 2. The molecule has 144 valence electrons. The average Bonchev–Trinajstić information content (AvgIpc) is 3.38. The third kappa shape index (κ3) is 4.33. The molecule has 3 aromatic rings. The fourth-order valence-corrected chi connectivity index (χ4v) is 3.88. The van der Waals surface area contributed by atoms with E-state index in [1.165, 1.54) is 18.4 Å². The normalized spacial score (nSPS) is 14.3. The summed E-state index contributed by atoms with van der Waals surface area (Å²) in [6, 6.07) is 18.9. The van der Waals surface area contributed by atoms with Crippen LogP contribution in [0.5, 0.6) is 0 Å². The molecule has 0 spiro atoms. The lowest BCUT2D eigenvalue weighted by Crippen LogP contribution is -2.32. The number of para-hydroxylation sites is 1. The Morgan fingerprint density at radius 2 is 1.79 bits per heavy atom. The van der Waals surface area contributed by atoms with Gasteiger partial charge in [0.2, 0.25) is 5.91 Å². The number of nitrogens with one attached hydrogen (secondary N) is 1. The zero-order valence-electron chi connectivity index (χ0n) is 16.4. The van der Waals surface area contributed by atoms with Gasteiger partial charge >= 0.3 is 0 Å². The molecule has 0 bridgehead atoms. The van der Waals surface area contributed by atoms with Crippen LogP contribution in [0.3, 0.4) is 0 Å². The Hall–Kier alpha value is -2.88. The van der Waals surface area contributed by atoms with E-state index in [4.69, 9.17) is 5.10 Å². The molecular formula is C24H27N3O. The van der Waals surface area contributed by atoms with E-state index < -0.39 is 0 Å². The van der Waals surface area contributed by atoms with Gasteiger partial charge in [0.1, 0.15) is 0 Å². The monoisotopic (exact) mass is 373 g/mol. The summed E-state index contributed by atoms with van der Waals surface area (Å²) >= 11 is 0.